The summed E-state index contributed by atoms with van der Waals surface area (Å²) in [6.45, 7) is 0.100. The third-order valence-corrected chi connectivity index (χ3v) is 3.95. The van der Waals surface area contributed by atoms with Gasteiger partial charge in [-0.25, -0.2) is 0 Å². The summed E-state index contributed by atoms with van der Waals surface area (Å²) in [5.74, 6) is 0.721. The molecular weight excluding hydrogens is 240 g/mol. The van der Waals surface area contributed by atoms with Crippen molar-refractivity contribution in [2.75, 3.05) is 6.61 Å². The largest absolute Gasteiger partial charge is 0.484 e. The highest BCUT2D eigenvalue weighted by Gasteiger charge is 2.33. The molecule has 2 saturated heterocycles. The molecule has 2 fully saturated rings. The van der Waals surface area contributed by atoms with Crippen molar-refractivity contribution in [1.29, 1.82) is 0 Å². The van der Waals surface area contributed by atoms with E-state index in [0.717, 1.165) is 18.6 Å². The van der Waals surface area contributed by atoms with Gasteiger partial charge in [0.15, 0.2) is 6.61 Å². The molecule has 0 aromatic heterocycles. The first-order valence-electron chi connectivity index (χ1n) is 7.03. The first-order valence-corrected chi connectivity index (χ1v) is 7.03. The summed E-state index contributed by atoms with van der Waals surface area (Å²) in [7, 11) is 0. The van der Waals surface area contributed by atoms with Crippen LogP contribution in [0.4, 0.5) is 0 Å². The van der Waals surface area contributed by atoms with E-state index in [-0.39, 0.29) is 12.5 Å². The fourth-order valence-corrected chi connectivity index (χ4v) is 3.11. The minimum absolute atomic E-state index is 0.0184. The van der Waals surface area contributed by atoms with Crippen molar-refractivity contribution >= 4 is 5.91 Å². The second kappa shape index (κ2) is 5.61. The summed E-state index contributed by atoms with van der Waals surface area (Å²) in [4.78, 5) is 11.9. The Bertz CT molecular complexity index is 423. The van der Waals surface area contributed by atoms with Crippen molar-refractivity contribution in [3.05, 3.63) is 30.3 Å². The molecule has 102 valence electrons. The number of carbonyl (C=O) groups is 1. The minimum Gasteiger partial charge on any atom is -0.484 e. The normalized spacial score (nSPS) is 28.9. The average molecular weight is 260 g/mol. The highest BCUT2D eigenvalue weighted by atomic mass is 16.5. The molecule has 4 heteroatoms. The molecule has 1 aromatic rings. The van der Waals surface area contributed by atoms with Gasteiger partial charge in [-0.15, -0.1) is 0 Å². The Labute approximate surface area is 113 Å². The maximum Gasteiger partial charge on any atom is 0.258 e. The van der Waals surface area contributed by atoms with Gasteiger partial charge in [0.25, 0.3) is 5.91 Å². The standard InChI is InChI=1S/C15H20N2O2/c18-15(10-19-14-4-2-1-3-5-14)17-13-8-11-6-7-12(9-13)16-11/h1-5,11-13,16H,6-10H2,(H,17,18). The number of ether oxygens (including phenoxy) is 1. The van der Waals surface area contributed by atoms with Crippen LogP contribution < -0.4 is 15.4 Å². The molecule has 2 heterocycles. The van der Waals surface area contributed by atoms with Gasteiger partial charge in [0.2, 0.25) is 0 Å². The van der Waals surface area contributed by atoms with E-state index in [9.17, 15) is 4.79 Å². The highest BCUT2D eigenvalue weighted by molar-refractivity contribution is 5.77. The van der Waals surface area contributed by atoms with E-state index in [1.165, 1.54) is 12.8 Å². The SMILES string of the molecule is O=C(COc1ccccc1)NC1CC2CCC(C1)N2. The van der Waals surface area contributed by atoms with Crippen molar-refractivity contribution in [2.24, 2.45) is 0 Å². The number of hydrogen-bond acceptors (Lipinski definition) is 3. The molecule has 2 aliphatic rings. The van der Waals surface area contributed by atoms with Crippen molar-refractivity contribution in [1.82, 2.24) is 10.6 Å². The second-order valence-electron chi connectivity index (χ2n) is 5.48. The Morgan fingerprint density at radius 1 is 1.21 bits per heavy atom. The van der Waals surface area contributed by atoms with Crippen molar-refractivity contribution in [3.8, 4) is 5.75 Å². The molecule has 0 aliphatic carbocycles. The Kier molecular flexibility index (Phi) is 3.69. The van der Waals surface area contributed by atoms with E-state index in [1.54, 1.807) is 0 Å². The number of hydrogen-bond donors (Lipinski definition) is 2. The van der Waals surface area contributed by atoms with Gasteiger partial charge in [-0.2, -0.15) is 0 Å². The summed E-state index contributed by atoms with van der Waals surface area (Å²) in [5, 5.41) is 6.65. The maximum absolute atomic E-state index is 11.9. The number of nitrogens with one attached hydrogen (secondary N) is 2. The number of para-hydroxylation sites is 1. The quantitative estimate of drug-likeness (QED) is 0.862. The van der Waals surface area contributed by atoms with Crippen LogP contribution in [0.3, 0.4) is 0 Å². The van der Waals surface area contributed by atoms with Gasteiger partial charge < -0.3 is 15.4 Å². The monoisotopic (exact) mass is 260 g/mol. The van der Waals surface area contributed by atoms with Crippen LogP contribution in [-0.4, -0.2) is 30.6 Å². The molecule has 2 N–H and O–H groups in total. The average Bonchev–Trinajstić information content (AvgIpc) is 2.77. The van der Waals surface area contributed by atoms with E-state index < -0.39 is 0 Å². The van der Waals surface area contributed by atoms with Crippen LogP contribution in [0.15, 0.2) is 30.3 Å². The van der Waals surface area contributed by atoms with E-state index in [2.05, 4.69) is 10.6 Å². The molecule has 0 radical (unpaired) electrons. The summed E-state index contributed by atoms with van der Waals surface area (Å²) >= 11 is 0. The zero-order chi connectivity index (χ0) is 13.1. The van der Waals surface area contributed by atoms with Crippen molar-refractivity contribution < 1.29 is 9.53 Å². The fraction of sp³-hybridized carbons (Fsp3) is 0.533. The molecule has 2 unspecified atom stereocenters. The molecule has 19 heavy (non-hydrogen) atoms. The van der Waals surface area contributed by atoms with Crippen LogP contribution in [-0.2, 0) is 4.79 Å². The molecule has 2 bridgehead atoms. The number of carbonyl (C=O) groups excluding carboxylic acids is 1. The van der Waals surface area contributed by atoms with Gasteiger partial charge in [0.05, 0.1) is 0 Å². The van der Waals surface area contributed by atoms with Gasteiger partial charge in [-0.3, -0.25) is 4.79 Å². The smallest absolute Gasteiger partial charge is 0.258 e. The van der Waals surface area contributed by atoms with Crippen LogP contribution >= 0.6 is 0 Å². The first-order chi connectivity index (χ1) is 9.29. The molecule has 0 saturated carbocycles. The maximum atomic E-state index is 11.9. The van der Waals surface area contributed by atoms with Crippen LogP contribution in [0, 0.1) is 0 Å². The number of piperidine rings is 1. The van der Waals surface area contributed by atoms with Crippen LogP contribution in [0.1, 0.15) is 25.7 Å². The molecule has 2 atom stereocenters. The zero-order valence-electron chi connectivity index (χ0n) is 11.0. The summed E-state index contributed by atoms with van der Waals surface area (Å²) in [6.07, 6.45) is 4.59. The van der Waals surface area contributed by atoms with E-state index in [0.29, 0.717) is 18.1 Å². The van der Waals surface area contributed by atoms with Gasteiger partial charge in [-0.05, 0) is 37.8 Å². The van der Waals surface area contributed by atoms with Gasteiger partial charge in [-0.1, -0.05) is 18.2 Å². The van der Waals surface area contributed by atoms with Gasteiger partial charge in [0, 0.05) is 18.1 Å². The molecule has 1 amide bonds. The van der Waals surface area contributed by atoms with E-state index in [1.807, 2.05) is 30.3 Å². The molecule has 4 nitrogen and oxygen atoms in total. The van der Waals surface area contributed by atoms with Crippen LogP contribution in [0.5, 0.6) is 5.75 Å². The lowest BCUT2D eigenvalue weighted by atomic mass is 10.00. The molecule has 1 aromatic carbocycles. The Morgan fingerprint density at radius 2 is 1.89 bits per heavy atom. The number of benzene rings is 1. The third kappa shape index (κ3) is 3.26. The first kappa shape index (κ1) is 12.5. The lowest BCUT2D eigenvalue weighted by molar-refractivity contribution is -0.124. The highest BCUT2D eigenvalue weighted by Crippen LogP contribution is 2.26. The lowest BCUT2D eigenvalue weighted by Gasteiger charge is -2.29. The summed E-state index contributed by atoms with van der Waals surface area (Å²) < 4.78 is 5.45. The Morgan fingerprint density at radius 3 is 2.58 bits per heavy atom. The zero-order valence-corrected chi connectivity index (χ0v) is 11.0. The number of amides is 1. The third-order valence-electron chi connectivity index (χ3n) is 3.95. The Balaban J connectivity index is 1.44. The van der Waals surface area contributed by atoms with Gasteiger partial charge in [0.1, 0.15) is 5.75 Å². The molecule has 3 rings (SSSR count). The van der Waals surface area contributed by atoms with E-state index >= 15 is 0 Å². The molecule has 0 spiro atoms. The van der Waals surface area contributed by atoms with Crippen LogP contribution in [0.25, 0.3) is 0 Å². The Hall–Kier alpha value is -1.55. The van der Waals surface area contributed by atoms with Crippen molar-refractivity contribution in [3.63, 3.8) is 0 Å². The minimum atomic E-state index is -0.0184. The second-order valence-corrected chi connectivity index (χ2v) is 5.48. The number of fused-ring (bicyclic) bond motifs is 2. The molecular formula is C15H20N2O2. The van der Waals surface area contributed by atoms with E-state index in [4.69, 9.17) is 4.74 Å². The molecule has 2 aliphatic heterocycles. The van der Waals surface area contributed by atoms with Crippen molar-refractivity contribution in [2.45, 2.75) is 43.8 Å². The van der Waals surface area contributed by atoms with Crippen LogP contribution in [0.2, 0.25) is 0 Å². The topological polar surface area (TPSA) is 50.4 Å². The fourth-order valence-electron chi connectivity index (χ4n) is 3.11. The summed E-state index contributed by atoms with van der Waals surface area (Å²) in [5.41, 5.74) is 0. The predicted molar refractivity (Wildman–Crippen MR) is 73.0 cm³/mol. The van der Waals surface area contributed by atoms with Gasteiger partial charge >= 0.3 is 0 Å². The summed E-state index contributed by atoms with van der Waals surface area (Å²) in [6, 6.07) is 11.0. The lowest BCUT2D eigenvalue weighted by Crippen LogP contribution is -2.48. The predicted octanol–water partition coefficient (Wildman–Crippen LogP) is 1.46. The number of rotatable bonds is 4.